The minimum Gasteiger partial charge on any atom is -0.507 e. The summed E-state index contributed by atoms with van der Waals surface area (Å²) < 4.78 is 41.8. The Morgan fingerprint density at radius 1 is 1.38 bits per heavy atom. The van der Waals surface area contributed by atoms with Crippen LogP contribution in [0.2, 0.25) is 0 Å². The summed E-state index contributed by atoms with van der Waals surface area (Å²) in [6.07, 6.45) is -4.03. The molecule has 21 heavy (non-hydrogen) atoms. The Kier molecular flexibility index (Phi) is 5.07. The van der Waals surface area contributed by atoms with Crippen LogP contribution in [0.15, 0.2) is 18.2 Å². The zero-order chi connectivity index (χ0) is 16.2. The predicted molar refractivity (Wildman–Crippen MR) is 66.2 cm³/mol. The second-order valence-corrected chi connectivity index (χ2v) is 3.94. The number of halogens is 3. The van der Waals surface area contributed by atoms with Gasteiger partial charge in [-0.1, -0.05) is 0 Å². The number of alkyl halides is 3. The average molecular weight is 303 g/mol. The van der Waals surface area contributed by atoms with Gasteiger partial charge in [-0.15, -0.1) is 0 Å². The molecule has 0 radical (unpaired) electrons. The summed E-state index contributed by atoms with van der Waals surface area (Å²) in [7, 11) is 0. The highest BCUT2D eigenvalue weighted by Gasteiger charge is 2.32. The van der Waals surface area contributed by atoms with Crippen LogP contribution in [0.1, 0.15) is 23.9 Å². The fraction of sp³-hybridized carbons (Fsp3) is 0.308. The molecule has 5 nitrogen and oxygen atoms in total. The second kappa shape index (κ2) is 6.38. The molecular formula is C13H12F3NO4. The van der Waals surface area contributed by atoms with Crippen LogP contribution in [0, 0.1) is 6.92 Å². The average Bonchev–Trinajstić information content (AvgIpc) is 2.37. The van der Waals surface area contributed by atoms with Crippen molar-refractivity contribution in [3.63, 3.8) is 0 Å². The zero-order valence-electron chi connectivity index (χ0n) is 11.2. The summed E-state index contributed by atoms with van der Waals surface area (Å²) in [5, 5.41) is 9.69. The van der Waals surface area contributed by atoms with E-state index in [1.54, 1.807) is 0 Å². The molecule has 1 aromatic heterocycles. The predicted octanol–water partition coefficient (Wildman–Crippen LogP) is 2.44. The molecule has 1 N–H and O–H groups in total. The normalized spacial score (nSPS) is 12.1. The van der Waals surface area contributed by atoms with E-state index in [9.17, 15) is 27.9 Å². The van der Waals surface area contributed by atoms with Gasteiger partial charge in [0.2, 0.25) is 0 Å². The van der Waals surface area contributed by atoms with Gasteiger partial charge < -0.3 is 9.84 Å². The lowest BCUT2D eigenvalue weighted by molar-refractivity contribution is -0.151. The van der Waals surface area contributed by atoms with E-state index in [0.29, 0.717) is 12.1 Å². The summed E-state index contributed by atoms with van der Waals surface area (Å²) >= 11 is 0. The molecule has 0 aliphatic heterocycles. The highest BCUT2D eigenvalue weighted by atomic mass is 19.4. The molecule has 0 unspecified atom stereocenters. The lowest BCUT2D eigenvalue weighted by atomic mass is 10.1. The van der Waals surface area contributed by atoms with Crippen molar-refractivity contribution >= 4 is 17.5 Å². The molecular weight excluding hydrogens is 291 g/mol. The van der Waals surface area contributed by atoms with E-state index in [1.165, 1.54) is 13.8 Å². The van der Waals surface area contributed by atoms with E-state index >= 15 is 0 Å². The molecule has 1 aromatic rings. The number of hydrogen-bond donors (Lipinski definition) is 1. The maximum absolute atomic E-state index is 12.4. The van der Waals surface area contributed by atoms with E-state index in [1.807, 2.05) is 0 Å². The van der Waals surface area contributed by atoms with Crippen LogP contribution in [-0.4, -0.2) is 28.4 Å². The Bertz CT molecular complexity index is 594. The van der Waals surface area contributed by atoms with Crippen molar-refractivity contribution in [1.82, 2.24) is 4.98 Å². The lowest BCUT2D eigenvalue weighted by Gasteiger charge is -2.09. The van der Waals surface area contributed by atoms with Gasteiger partial charge in [0.15, 0.2) is 0 Å². The van der Waals surface area contributed by atoms with Gasteiger partial charge in [-0.05, 0) is 26.0 Å². The number of ether oxygens (including phenoxy) is 1. The molecule has 1 heterocycles. The number of aromatic nitrogens is 1. The Labute approximate surface area is 118 Å². The third kappa shape index (κ3) is 4.30. The van der Waals surface area contributed by atoms with Gasteiger partial charge in [0.25, 0.3) is 5.78 Å². The number of rotatable bonds is 4. The summed E-state index contributed by atoms with van der Waals surface area (Å²) in [5.74, 6) is -2.94. The molecule has 0 fully saturated rings. The van der Waals surface area contributed by atoms with E-state index in [4.69, 9.17) is 0 Å². The van der Waals surface area contributed by atoms with Gasteiger partial charge in [-0.25, -0.2) is 9.78 Å². The molecule has 0 aliphatic carbocycles. The Hall–Kier alpha value is -2.38. The number of hydrogen-bond acceptors (Lipinski definition) is 5. The number of aryl methyl sites for hydroxylation is 1. The number of carbonyl (C=O) groups excluding carboxylic acids is 2. The first-order valence-electron chi connectivity index (χ1n) is 5.83. The van der Waals surface area contributed by atoms with Gasteiger partial charge in [0.05, 0.1) is 6.61 Å². The number of carbonyl (C=O) groups is 2. The van der Waals surface area contributed by atoms with Crippen LogP contribution in [0.5, 0.6) is 0 Å². The molecule has 0 aliphatic rings. The fourth-order valence-electron chi connectivity index (χ4n) is 1.45. The number of esters is 1. The second-order valence-electron chi connectivity index (χ2n) is 3.94. The molecule has 0 saturated heterocycles. The molecule has 0 spiro atoms. The standard InChI is InChI=1S/C13H12F3NO4/c1-3-21-12(20)10(19)6-9(18)8-4-5-11(13(14,15)16)17-7(8)2/h4-6,18H,3H2,1-2H3. The van der Waals surface area contributed by atoms with Crippen LogP contribution >= 0.6 is 0 Å². The van der Waals surface area contributed by atoms with Crippen LogP contribution in [0.3, 0.4) is 0 Å². The van der Waals surface area contributed by atoms with Crippen molar-refractivity contribution in [1.29, 1.82) is 0 Å². The number of aliphatic hydroxyl groups is 1. The molecule has 114 valence electrons. The summed E-state index contributed by atoms with van der Waals surface area (Å²) in [4.78, 5) is 25.7. The van der Waals surface area contributed by atoms with Crippen molar-refractivity contribution in [3.8, 4) is 0 Å². The third-order valence-corrected chi connectivity index (χ3v) is 2.40. The Morgan fingerprint density at radius 3 is 2.48 bits per heavy atom. The quantitative estimate of drug-likeness (QED) is 0.400. The number of aliphatic hydroxyl groups excluding tert-OH is 1. The van der Waals surface area contributed by atoms with Crippen molar-refractivity contribution in [2.45, 2.75) is 20.0 Å². The van der Waals surface area contributed by atoms with Crippen molar-refractivity contribution < 1.29 is 32.6 Å². The largest absolute Gasteiger partial charge is 0.507 e. The molecule has 0 bridgehead atoms. The SMILES string of the molecule is CCOC(=O)C(=O)C=C(O)c1ccc(C(F)(F)F)nc1C. The third-order valence-electron chi connectivity index (χ3n) is 2.40. The van der Waals surface area contributed by atoms with Crippen molar-refractivity contribution in [2.75, 3.05) is 6.61 Å². The van der Waals surface area contributed by atoms with Gasteiger partial charge in [-0.3, -0.25) is 4.79 Å². The number of nitrogens with zero attached hydrogens (tertiary/aromatic N) is 1. The number of pyridine rings is 1. The maximum Gasteiger partial charge on any atom is 0.433 e. The monoisotopic (exact) mass is 303 g/mol. The maximum atomic E-state index is 12.4. The molecule has 8 heteroatoms. The summed E-state index contributed by atoms with van der Waals surface area (Å²) in [6.45, 7) is 2.72. The van der Waals surface area contributed by atoms with Gasteiger partial charge in [0.1, 0.15) is 11.5 Å². The van der Waals surface area contributed by atoms with Gasteiger partial charge in [-0.2, -0.15) is 13.2 Å². The fourth-order valence-corrected chi connectivity index (χ4v) is 1.45. The molecule has 0 saturated carbocycles. The van der Waals surface area contributed by atoms with Crippen LogP contribution in [0.25, 0.3) is 5.76 Å². The zero-order valence-corrected chi connectivity index (χ0v) is 11.2. The van der Waals surface area contributed by atoms with Crippen LogP contribution < -0.4 is 0 Å². The smallest absolute Gasteiger partial charge is 0.433 e. The minimum atomic E-state index is -4.61. The minimum absolute atomic E-state index is 0.0139. The van der Waals surface area contributed by atoms with Gasteiger partial charge in [0, 0.05) is 17.3 Å². The topological polar surface area (TPSA) is 76.5 Å². The summed E-state index contributed by atoms with van der Waals surface area (Å²) in [6, 6.07) is 1.64. The van der Waals surface area contributed by atoms with Crippen molar-refractivity contribution in [2.24, 2.45) is 0 Å². The highest BCUT2D eigenvalue weighted by Crippen LogP contribution is 2.29. The first kappa shape index (κ1) is 16.7. The Morgan fingerprint density at radius 2 is 2.00 bits per heavy atom. The van der Waals surface area contributed by atoms with Gasteiger partial charge >= 0.3 is 12.1 Å². The van der Waals surface area contributed by atoms with E-state index in [-0.39, 0.29) is 17.9 Å². The highest BCUT2D eigenvalue weighted by molar-refractivity contribution is 6.39. The van der Waals surface area contributed by atoms with E-state index in [0.717, 1.165) is 6.07 Å². The molecule has 0 atom stereocenters. The Balaban J connectivity index is 3.06. The van der Waals surface area contributed by atoms with Crippen LogP contribution in [-0.2, 0) is 20.5 Å². The lowest BCUT2D eigenvalue weighted by Crippen LogP contribution is -2.15. The summed E-state index contributed by atoms with van der Waals surface area (Å²) in [5.41, 5.74) is -1.33. The van der Waals surface area contributed by atoms with Crippen molar-refractivity contribution in [3.05, 3.63) is 35.2 Å². The molecule has 1 rings (SSSR count). The van der Waals surface area contributed by atoms with Crippen LogP contribution in [0.4, 0.5) is 13.2 Å². The first-order chi connectivity index (χ1) is 9.66. The molecule has 0 aromatic carbocycles. The number of ketones is 1. The van der Waals surface area contributed by atoms with E-state index in [2.05, 4.69) is 9.72 Å². The first-order valence-corrected chi connectivity index (χ1v) is 5.83. The van der Waals surface area contributed by atoms with E-state index < -0.39 is 29.4 Å². The molecule has 0 amide bonds.